The molecule has 0 aromatic heterocycles. The molecule has 2 heterocycles. The third-order valence-corrected chi connectivity index (χ3v) is 5.43. The molecule has 3 rings (SSSR count). The van der Waals surface area contributed by atoms with Crippen LogP contribution >= 0.6 is 11.6 Å². The minimum Gasteiger partial charge on any atom is -0.497 e. The molecule has 2 amide bonds. The van der Waals surface area contributed by atoms with E-state index in [0.29, 0.717) is 35.1 Å². The lowest BCUT2D eigenvalue weighted by atomic mass is 10.0. The molecule has 9 heteroatoms. The summed E-state index contributed by atoms with van der Waals surface area (Å²) in [6.45, 7) is 4.92. The number of nitrogens with zero attached hydrogens (tertiary/aromatic N) is 2. The zero-order valence-corrected chi connectivity index (χ0v) is 17.1. The number of hydrogen-bond donors (Lipinski definition) is 2. The van der Waals surface area contributed by atoms with E-state index in [0.717, 1.165) is 13.1 Å². The molecular formula is C19H26ClN4O4+. The molecular weight excluding hydrogens is 384 g/mol. The number of methoxy groups -OCH3 is 1. The number of benzene rings is 1. The number of oxime groups is 1. The van der Waals surface area contributed by atoms with E-state index in [1.54, 1.807) is 37.1 Å². The average molecular weight is 410 g/mol. The van der Waals surface area contributed by atoms with Crippen LogP contribution in [0.15, 0.2) is 23.4 Å². The summed E-state index contributed by atoms with van der Waals surface area (Å²) >= 11 is 6.24. The Hall–Kier alpha value is -2.32. The Balaban J connectivity index is 1.56. The van der Waals surface area contributed by atoms with E-state index in [1.165, 1.54) is 4.90 Å². The second-order valence-corrected chi connectivity index (χ2v) is 7.60. The Morgan fingerprint density at radius 1 is 1.39 bits per heavy atom. The van der Waals surface area contributed by atoms with Crippen molar-refractivity contribution in [1.29, 1.82) is 0 Å². The first-order chi connectivity index (χ1) is 13.4. The quantitative estimate of drug-likeness (QED) is 0.699. The Kier molecular flexibility index (Phi) is 6.41. The van der Waals surface area contributed by atoms with Crippen LogP contribution in [0.25, 0.3) is 0 Å². The van der Waals surface area contributed by atoms with Crippen LogP contribution in [0, 0.1) is 0 Å². The molecule has 28 heavy (non-hydrogen) atoms. The highest BCUT2D eigenvalue weighted by Gasteiger charge is 2.33. The normalized spacial score (nSPS) is 20.9. The van der Waals surface area contributed by atoms with Crippen molar-refractivity contribution < 1.29 is 24.1 Å². The largest absolute Gasteiger partial charge is 0.497 e. The predicted molar refractivity (Wildman–Crippen MR) is 105 cm³/mol. The molecule has 0 unspecified atom stereocenters. The van der Waals surface area contributed by atoms with Crippen LogP contribution < -0.4 is 15.0 Å². The zero-order chi connectivity index (χ0) is 20.3. The molecule has 0 bridgehead atoms. The maximum Gasteiger partial charge on any atom is 0.264 e. The van der Waals surface area contributed by atoms with Crippen molar-refractivity contribution in [3.05, 3.63) is 28.8 Å². The number of ether oxygens (including phenoxy) is 1. The third-order valence-electron chi connectivity index (χ3n) is 5.10. The summed E-state index contributed by atoms with van der Waals surface area (Å²) in [6, 6.07) is 4.61. The van der Waals surface area contributed by atoms with E-state index < -0.39 is 12.1 Å². The zero-order valence-electron chi connectivity index (χ0n) is 16.3. The van der Waals surface area contributed by atoms with Crippen LogP contribution in [-0.4, -0.2) is 74.9 Å². The van der Waals surface area contributed by atoms with Crippen LogP contribution in [0.4, 0.5) is 0 Å². The molecule has 2 atom stereocenters. The van der Waals surface area contributed by atoms with Gasteiger partial charge in [-0.05, 0) is 25.1 Å². The SMILES string of the molecule is COc1ccc(Cl)c(C2=NO[C@H](C(=O)N[C@H](C)C(=O)N3CC[NH+](C)CC3)C2)c1. The summed E-state index contributed by atoms with van der Waals surface area (Å²) in [5, 5.41) is 7.26. The Morgan fingerprint density at radius 3 is 2.79 bits per heavy atom. The molecule has 1 aromatic carbocycles. The van der Waals surface area contributed by atoms with Crippen molar-refractivity contribution in [2.45, 2.75) is 25.5 Å². The van der Waals surface area contributed by atoms with Gasteiger partial charge in [0.05, 0.1) is 51.1 Å². The number of quaternary nitrogens is 1. The highest BCUT2D eigenvalue weighted by molar-refractivity contribution is 6.34. The summed E-state index contributed by atoms with van der Waals surface area (Å²) in [7, 11) is 3.67. The summed E-state index contributed by atoms with van der Waals surface area (Å²) < 4.78 is 5.21. The van der Waals surface area contributed by atoms with Gasteiger partial charge in [-0.15, -0.1) is 0 Å². The Morgan fingerprint density at radius 2 is 2.11 bits per heavy atom. The van der Waals surface area contributed by atoms with Gasteiger partial charge in [0.1, 0.15) is 11.8 Å². The number of piperazine rings is 1. The van der Waals surface area contributed by atoms with Gasteiger partial charge in [0.25, 0.3) is 5.91 Å². The maximum atomic E-state index is 12.6. The monoisotopic (exact) mass is 409 g/mol. The van der Waals surface area contributed by atoms with E-state index in [2.05, 4.69) is 17.5 Å². The van der Waals surface area contributed by atoms with Gasteiger partial charge in [-0.25, -0.2) is 0 Å². The van der Waals surface area contributed by atoms with Crippen molar-refractivity contribution in [2.75, 3.05) is 40.3 Å². The fourth-order valence-electron chi connectivity index (χ4n) is 3.28. The molecule has 1 aromatic rings. The van der Waals surface area contributed by atoms with Crippen molar-refractivity contribution in [2.24, 2.45) is 5.16 Å². The van der Waals surface area contributed by atoms with Gasteiger partial charge in [0, 0.05) is 12.0 Å². The standard InChI is InChI=1S/C19H25ClN4O4/c1-12(19(26)24-8-6-23(2)7-9-24)21-18(25)17-11-16(22-28-17)14-10-13(27-3)4-5-15(14)20/h4-5,10,12,17H,6-9,11H2,1-3H3,(H,21,25)/p+1/t12-,17+/m1/s1. The van der Waals surface area contributed by atoms with E-state index in [9.17, 15) is 9.59 Å². The molecule has 1 saturated heterocycles. The Labute approximate surface area is 169 Å². The molecule has 2 N–H and O–H groups in total. The topological polar surface area (TPSA) is 84.7 Å². The van der Waals surface area contributed by atoms with Crippen molar-refractivity contribution in [1.82, 2.24) is 10.2 Å². The van der Waals surface area contributed by atoms with Gasteiger partial charge < -0.3 is 24.7 Å². The summed E-state index contributed by atoms with van der Waals surface area (Å²) in [5.74, 6) is 0.206. The molecule has 0 aliphatic carbocycles. The average Bonchev–Trinajstić information content (AvgIpc) is 3.18. The summed E-state index contributed by atoms with van der Waals surface area (Å²) in [4.78, 5) is 33.6. The number of carbonyl (C=O) groups excluding carboxylic acids is 2. The van der Waals surface area contributed by atoms with Crippen LogP contribution in [-0.2, 0) is 14.4 Å². The lowest BCUT2D eigenvalue weighted by Crippen LogP contribution is -3.12. The molecule has 2 aliphatic heterocycles. The van der Waals surface area contributed by atoms with Gasteiger partial charge in [-0.3, -0.25) is 9.59 Å². The minimum atomic E-state index is -0.788. The minimum absolute atomic E-state index is 0.0733. The number of halogens is 1. The van der Waals surface area contributed by atoms with Gasteiger partial charge >= 0.3 is 0 Å². The summed E-state index contributed by atoms with van der Waals surface area (Å²) in [6.07, 6.45) is -0.512. The number of amides is 2. The molecule has 1 fully saturated rings. The Bertz CT molecular complexity index is 777. The van der Waals surface area contributed by atoms with E-state index in [-0.39, 0.29) is 18.2 Å². The van der Waals surface area contributed by atoms with Crippen LogP contribution in [0.2, 0.25) is 5.02 Å². The maximum absolute atomic E-state index is 12.6. The first-order valence-corrected chi connectivity index (χ1v) is 9.74. The molecule has 152 valence electrons. The number of rotatable bonds is 5. The van der Waals surface area contributed by atoms with Crippen molar-refractivity contribution in [3.8, 4) is 5.75 Å². The molecule has 0 saturated carbocycles. The highest BCUT2D eigenvalue weighted by Crippen LogP contribution is 2.27. The van der Waals surface area contributed by atoms with Crippen molar-refractivity contribution >= 4 is 29.1 Å². The van der Waals surface area contributed by atoms with Crippen LogP contribution in [0.5, 0.6) is 5.75 Å². The fourth-order valence-corrected chi connectivity index (χ4v) is 3.51. The van der Waals surface area contributed by atoms with Crippen LogP contribution in [0.1, 0.15) is 18.9 Å². The second kappa shape index (κ2) is 8.79. The van der Waals surface area contributed by atoms with E-state index in [1.807, 2.05) is 0 Å². The van der Waals surface area contributed by atoms with Gasteiger partial charge in [0.2, 0.25) is 12.0 Å². The lowest BCUT2D eigenvalue weighted by Gasteiger charge is -2.32. The second-order valence-electron chi connectivity index (χ2n) is 7.19. The highest BCUT2D eigenvalue weighted by atomic mass is 35.5. The molecule has 2 aliphatic rings. The van der Waals surface area contributed by atoms with Gasteiger partial charge in [-0.1, -0.05) is 16.8 Å². The first kappa shape index (κ1) is 20.4. The number of likely N-dealkylation sites (N-methyl/N-ethyl adjacent to an activating group) is 1. The van der Waals surface area contributed by atoms with Gasteiger partial charge in [-0.2, -0.15) is 0 Å². The number of hydrogen-bond acceptors (Lipinski definition) is 5. The van der Waals surface area contributed by atoms with Crippen molar-refractivity contribution in [3.63, 3.8) is 0 Å². The molecule has 0 radical (unpaired) electrons. The summed E-state index contributed by atoms with van der Waals surface area (Å²) in [5.41, 5.74) is 1.24. The first-order valence-electron chi connectivity index (χ1n) is 9.36. The van der Waals surface area contributed by atoms with Crippen LogP contribution in [0.3, 0.4) is 0 Å². The fraction of sp³-hybridized carbons (Fsp3) is 0.526. The smallest absolute Gasteiger partial charge is 0.264 e. The number of nitrogens with one attached hydrogen (secondary N) is 2. The van der Waals surface area contributed by atoms with E-state index >= 15 is 0 Å². The number of carbonyl (C=O) groups is 2. The molecule has 0 spiro atoms. The third kappa shape index (κ3) is 4.56. The molecule has 8 nitrogen and oxygen atoms in total. The predicted octanol–water partition coefficient (Wildman–Crippen LogP) is -0.297. The lowest BCUT2D eigenvalue weighted by molar-refractivity contribution is -0.883. The van der Waals surface area contributed by atoms with Gasteiger partial charge in [0.15, 0.2) is 0 Å². The van der Waals surface area contributed by atoms with E-state index in [4.69, 9.17) is 21.2 Å².